The predicted octanol–water partition coefficient (Wildman–Crippen LogP) is 4.58. The zero-order valence-electron chi connectivity index (χ0n) is 12.4. The molecular formula is C18H23ClFN. The van der Waals surface area contributed by atoms with Gasteiger partial charge in [0.1, 0.15) is 5.82 Å². The maximum absolute atomic E-state index is 14.2. The van der Waals surface area contributed by atoms with Crippen molar-refractivity contribution in [3.05, 3.63) is 34.6 Å². The van der Waals surface area contributed by atoms with Gasteiger partial charge in [-0.05, 0) is 79.5 Å². The Bertz CT molecular complexity index is 542. The molecule has 4 rings (SSSR count). The highest BCUT2D eigenvalue weighted by atomic mass is 35.5. The first-order valence-electron chi connectivity index (χ1n) is 8.32. The van der Waals surface area contributed by atoms with Gasteiger partial charge in [0, 0.05) is 17.6 Å². The minimum atomic E-state index is -0.0898. The van der Waals surface area contributed by atoms with Crippen LogP contribution < -0.4 is 5.32 Å². The number of nitrogens with one attached hydrogen (secondary N) is 1. The summed E-state index contributed by atoms with van der Waals surface area (Å²) in [6.07, 6.45) is 8.82. The summed E-state index contributed by atoms with van der Waals surface area (Å²) in [5.74, 6) is 1.55. The third-order valence-electron chi connectivity index (χ3n) is 5.97. The zero-order chi connectivity index (χ0) is 14.4. The second-order valence-corrected chi connectivity index (χ2v) is 7.95. The van der Waals surface area contributed by atoms with Gasteiger partial charge in [0.05, 0.1) is 0 Å². The van der Waals surface area contributed by atoms with Gasteiger partial charge < -0.3 is 5.32 Å². The van der Waals surface area contributed by atoms with Gasteiger partial charge in [-0.25, -0.2) is 4.39 Å². The Kier molecular flexibility index (Phi) is 3.50. The normalized spacial score (nSPS) is 34.6. The Morgan fingerprint density at radius 2 is 2.10 bits per heavy atom. The van der Waals surface area contributed by atoms with E-state index >= 15 is 0 Å². The number of rotatable bonds is 5. The van der Waals surface area contributed by atoms with Crippen molar-refractivity contribution in [3.8, 4) is 0 Å². The molecule has 0 radical (unpaired) electrons. The second kappa shape index (κ2) is 5.24. The molecule has 3 saturated carbocycles. The van der Waals surface area contributed by atoms with Crippen molar-refractivity contribution in [3.63, 3.8) is 0 Å². The van der Waals surface area contributed by atoms with Crippen molar-refractivity contribution in [2.45, 2.75) is 51.0 Å². The number of hydrogen-bond donors (Lipinski definition) is 1. The molecule has 2 bridgehead atoms. The number of benzene rings is 1. The van der Waals surface area contributed by atoms with Crippen LogP contribution >= 0.6 is 11.6 Å². The van der Waals surface area contributed by atoms with Crippen LogP contribution in [-0.2, 0) is 6.42 Å². The highest BCUT2D eigenvalue weighted by molar-refractivity contribution is 6.30. The molecule has 3 atom stereocenters. The number of fused-ring (bicyclic) bond motifs is 2. The van der Waals surface area contributed by atoms with Gasteiger partial charge in [-0.2, -0.15) is 0 Å². The van der Waals surface area contributed by atoms with Crippen LogP contribution in [-0.4, -0.2) is 12.6 Å². The average Bonchev–Trinajstić information content (AvgIpc) is 3.09. The summed E-state index contributed by atoms with van der Waals surface area (Å²) in [5, 5.41) is 4.38. The van der Waals surface area contributed by atoms with Crippen LogP contribution in [0.1, 0.15) is 44.1 Å². The van der Waals surface area contributed by atoms with E-state index in [2.05, 4.69) is 5.32 Å². The van der Waals surface area contributed by atoms with E-state index in [0.29, 0.717) is 5.02 Å². The molecule has 0 amide bonds. The third-order valence-corrected chi connectivity index (χ3v) is 6.21. The molecule has 1 aromatic rings. The Balaban J connectivity index is 1.58. The lowest BCUT2D eigenvalue weighted by Gasteiger charge is -2.38. The summed E-state index contributed by atoms with van der Waals surface area (Å²) in [7, 11) is 0. The highest BCUT2D eigenvalue weighted by Gasteiger charge is 2.51. The van der Waals surface area contributed by atoms with Crippen molar-refractivity contribution in [1.29, 1.82) is 0 Å². The van der Waals surface area contributed by atoms with Crippen LogP contribution in [0.5, 0.6) is 0 Å². The molecule has 3 aliphatic carbocycles. The van der Waals surface area contributed by atoms with Crippen LogP contribution in [0.15, 0.2) is 18.2 Å². The Labute approximate surface area is 131 Å². The SMILES string of the molecule is Fc1ccc(Cl)cc1CC1(CNC2CC2)CC2CCC1C2. The van der Waals surface area contributed by atoms with E-state index in [9.17, 15) is 4.39 Å². The van der Waals surface area contributed by atoms with Gasteiger partial charge in [-0.15, -0.1) is 0 Å². The molecule has 3 unspecified atom stereocenters. The summed E-state index contributed by atoms with van der Waals surface area (Å²) in [6.45, 7) is 1.06. The fraction of sp³-hybridized carbons (Fsp3) is 0.667. The molecule has 0 heterocycles. The summed E-state index contributed by atoms with van der Waals surface area (Å²) in [4.78, 5) is 0. The standard InChI is InChI=1S/C18H23ClFN/c19-15-3-6-17(20)13(8-15)10-18(11-21-16-4-5-16)9-12-1-2-14(18)7-12/h3,6,8,12,14,16,21H,1-2,4-5,7,9-11H2. The molecule has 3 heteroatoms. The molecule has 21 heavy (non-hydrogen) atoms. The van der Waals surface area contributed by atoms with Gasteiger partial charge in [-0.3, -0.25) is 0 Å². The number of hydrogen-bond acceptors (Lipinski definition) is 1. The van der Waals surface area contributed by atoms with E-state index in [-0.39, 0.29) is 11.2 Å². The fourth-order valence-corrected chi connectivity index (χ4v) is 4.94. The average molecular weight is 308 g/mol. The summed E-state index contributed by atoms with van der Waals surface area (Å²) >= 11 is 6.08. The Hall–Kier alpha value is -0.600. The smallest absolute Gasteiger partial charge is 0.126 e. The van der Waals surface area contributed by atoms with Gasteiger partial charge in [0.15, 0.2) is 0 Å². The molecule has 3 aliphatic rings. The first-order valence-corrected chi connectivity index (χ1v) is 8.70. The lowest BCUT2D eigenvalue weighted by molar-refractivity contribution is 0.154. The van der Waals surface area contributed by atoms with Crippen LogP contribution in [0.2, 0.25) is 5.02 Å². The first-order chi connectivity index (χ1) is 10.1. The largest absolute Gasteiger partial charge is 0.313 e. The number of halogens is 2. The summed E-state index contributed by atoms with van der Waals surface area (Å²) < 4.78 is 14.2. The van der Waals surface area contributed by atoms with E-state index in [0.717, 1.165) is 36.4 Å². The maximum Gasteiger partial charge on any atom is 0.126 e. The van der Waals surface area contributed by atoms with E-state index in [1.54, 1.807) is 6.07 Å². The lowest BCUT2D eigenvalue weighted by Crippen LogP contribution is -2.41. The van der Waals surface area contributed by atoms with Crippen molar-refractivity contribution >= 4 is 11.6 Å². The molecule has 3 fully saturated rings. The van der Waals surface area contributed by atoms with Crippen molar-refractivity contribution in [2.24, 2.45) is 17.3 Å². The molecule has 0 aliphatic heterocycles. The van der Waals surface area contributed by atoms with Crippen LogP contribution in [0.25, 0.3) is 0 Å². The van der Waals surface area contributed by atoms with E-state index in [1.165, 1.54) is 44.6 Å². The topological polar surface area (TPSA) is 12.0 Å². The first kappa shape index (κ1) is 14.0. The molecule has 1 N–H and O–H groups in total. The molecular weight excluding hydrogens is 285 g/mol. The van der Waals surface area contributed by atoms with Crippen LogP contribution in [0.3, 0.4) is 0 Å². The quantitative estimate of drug-likeness (QED) is 0.839. The van der Waals surface area contributed by atoms with E-state index in [1.807, 2.05) is 6.07 Å². The van der Waals surface area contributed by atoms with Gasteiger partial charge in [0.25, 0.3) is 0 Å². The van der Waals surface area contributed by atoms with Crippen LogP contribution in [0.4, 0.5) is 4.39 Å². The minimum Gasteiger partial charge on any atom is -0.313 e. The van der Waals surface area contributed by atoms with Gasteiger partial charge in [-0.1, -0.05) is 18.0 Å². The third kappa shape index (κ3) is 2.73. The van der Waals surface area contributed by atoms with Gasteiger partial charge >= 0.3 is 0 Å². The molecule has 0 aromatic heterocycles. The molecule has 0 spiro atoms. The maximum atomic E-state index is 14.2. The highest BCUT2D eigenvalue weighted by Crippen LogP contribution is 2.57. The predicted molar refractivity (Wildman–Crippen MR) is 84.0 cm³/mol. The molecule has 0 saturated heterocycles. The van der Waals surface area contributed by atoms with E-state index in [4.69, 9.17) is 11.6 Å². The minimum absolute atomic E-state index is 0.0898. The lowest BCUT2D eigenvalue weighted by atomic mass is 9.69. The molecule has 1 nitrogen and oxygen atoms in total. The monoisotopic (exact) mass is 307 g/mol. The van der Waals surface area contributed by atoms with Crippen molar-refractivity contribution < 1.29 is 4.39 Å². The Morgan fingerprint density at radius 1 is 1.24 bits per heavy atom. The summed E-state index contributed by atoms with van der Waals surface area (Å²) in [6, 6.07) is 5.73. The van der Waals surface area contributed by atoms with Gasteiger partial charge in [0.2, 0.25) is 0 Å². The van der Waals surface area contributed by atoms with Crippen molar-refractivity contribution in [2.75, 3.05) is 6.54 Å². The second-order valence-electron chi connectivity index (χ2n) is 7.51. The molecule has 114 valence electrons. The fourth-order valence-electron chi connectivity index (χ4n) is 4.75. The molecule has 1 aromatic carbocycles. The zero-order valence-corrected chi connectivity index (χ0v) is 13.1. The van der Waals surface area contributed by atoms with E-state index < -0.39 is 0 Å². The summed E-state index contributed by atoms with van der Waals surface area (Å²) in [5.41, 5.74) is 1.07. The Morgan fingerprint density at radius 3 is 2.76 bits per heavy atom. The van der Waals surface area contributed by atoms with Crippen LogP contribution in [0, 0.1) is 23.1 Å². The van der Waals surface area contributed by atoms with Crippen molar-refractivity contribution in [1.82, 2.24) is 5.32 Å².